The van der Waals surface area contributed by atoms with Gasteiger partial charge in [-0.3, -0.25) is 4.90 Å². The summed E-state index contributed by atoms with van der Waals surface area (Å²) in [6.45, 7) is 9.92. The van der Waals surface area contributed by atoms with Gasteiger partial charge in [-0.05, 0) is 55.6 Å². The molecule has 0 aliphatic carbocycles. The van der Waals surface area contributed by atoms with Crippen LogP contribution >= 0.6 is 0 Å². The van der Waals surface area contributed by atoms with Crippen molar-refractivity contribution in [3.63, 3.8) is 0 Å². The summed E-state index contributed by atoms with van der Waals surface area (Å²) < 4.78 is 2.48. The smallest absolute Gasteiger partial charge is 0.0489 e. The molecule has 0 spiro atoms. The summed E-state index contributed by atoms with van der Waals surface area (Å²) in [6, 6.07) is 4.99. The number of aromatic nitrogens is 1. The molecule has 3 rings (SSSR count). The van der Waals surface area contributed by atoms with Crippen molar-refractivity contribution in [3.8, 4) is 0 Å². The van der Waals surface area contributed by atoms with Crippen LogP contribution in [0.2, 0.25) is 0 Å². The Hall–Kier alpha value is -1.32. The number of aryl methyl sites for hydroxylation is 1. The number of nitrogens with two attached hydrogens (primary N) is 1. The second kappa shape index (κ2) is 6.05. The molecule has 3 nitrogen and oxygen atoms in total. The Morgan fingerprint density at radius 3 is 2.45 bits per heavy atom. The predicted octanol–water partition coefficient (Wildman–Crippen LogP) is 4.11. The summed E-state index contributed by atoms with van der Waals surface area (Å²) in [5.41, 5.74) is 13.6. The summed E-state index contributed by atoms with van der Waals surface area (Å²) in [5, 5.41) is 1.39. The van der Waals surface area contributed by atoms with E-state index in [1.807, 2.05) is 0 Å². The van der Waals surface area contributed by atoms with Crippen molar-refractivity contribution < 1.29 is 0 Å². The fourth-order valence-electron chi connectivity index (χ4n) is 4.00. The highest BCUT2D eigenvalue weighted by molar-refractivity contribution is 5.88. The molecule has 1 aromatic carbocycles. The lowest BCUT2D eigenvalue weighted by molar-refractivity contribution is 0.353. The second-order valence-electron chi connectivity index (χ2n) is 6.86. The van der Waals surface area contributed by atoms with E-state index in [-0.39, 0.29) is 6.04 Å². The van der Waals surface area contributed by atoms with E-state index in [1.54, 1.807) is 0 Å². The third-order valence-electron chi connectivity index (χ3n) is 4.99. The molecule has 0 bridgehead atoms. The monoisotopic (exact) mass is 299 g/mol. The van der Waals surface area contributed by atoms with Crippen molar-refractivity contribution in [3.05, 3.63) is 34.5 Å². The Balaban J connectivity index is 2.21. The first-order valence-corrected chi connectivity index (χ1v) is 8.65. The molecule has 1 atom stereocenters. The average Bonchev–Trinajstić information content (AvgIpc) is 2.94. The molecule has 0 saturated carbocycles. The van der Waals surface area contributed by atoms with Crippen LogP contribution in [0.4, 0.5) is 0 Å². The standard InChI is InChI=1S/C19H29N3/c1-5-7-17(20)19-13(3)22(8-6-2)18-10-15-12-21(4)11-14(15)9-16(18)19/h9-10,17H,5-8,11-12,20H2,1-4H3. The van der Waals surface area contributed by atoms with Crippen LogP contribution in [0.5, 0.6) is 0 Å². The van der Waals surface area contributed by atoms with Crippen molar-refractivity contribution in [1.29, 1.82) is 0 Å². The molecule has 2 heterocycles. The van der Waals surface area contributed by atoms with E-state index in [2.05, 4.69) is 49.4 Å². The van der Waals surface area contributed by atoms with Gasteiger partial charge >= 0.3 is 0 Å². The maximum absolute atomic E-state index is 6.53. The Morgan fingerprint density at radius 1 is 1.14 bits per heavy atom. The van der Waals surface area contributed by atoms with Crippen LogP contribution in [0.15, 0.2) is 12.1 Å². The van der Waals surface area contributed by atoms with Gasteiger partial charge in [0.1, 0.15) is 0 Å². The van der Waals surface area contributed by atoms with Crippen LogP contribution in [0, 0.1) is 6.92 Å². The second-order valence-corrected chi connectivity index (χ2v) is 6.86. The van der Waals surface area contributed by atoms with E-state index >= 15 is 0 Å². The summed E-state index contributed by atoms with van der Waals surface area (Å²) in [7, 11) is 2.19. The first-order chi connectivity index (χ1) is 10.6. The van der Waals surface area contributed by atoms with Crippen molar-refractivity contribution >= 4 is 10.9 Å². The van der Waals surface area contributed by atoms with Gasteiger partial charge in [0.05, 0.1) is 0 Å². The molecule has 1 aromatic heterocycles. The maximum atomic E-state index is 6.53. The highest BCUT2D eigenvalue weighted by atomic mass is 15.1. The SMILES string of the molecule is CCCC(N)c1c(C)n(CCC)c2cc3c(cc12)CN(C)C3. The number of rotatable bonds is 5. The largest absolute Gasteiger partial charge is 0.345 e. The number of benzene rings is 1. The zero-order chi connectivity index (χ0) is 15.9. The summed E-state index contributed by atoms with van der Waals surface area (Å²) in [6.07, 6.45) is 3.35. The Bertz CT molecular complexity index is 684. The molecular weight excluding hydrogens is 270 g/mol. The molecule has 0 radical (unpaired) electrons. The van der Waals surface area contributed by atoms with Gasteiger partial charge in [0.2, 0.25) is 0 Å². The van der Waals surface area contributed by atoms with Gasteiger partial charge < -0.3 is 10.3 Å². The normalized spacial score (nSPS) is 16.4. The van der Waals surface area contributed by atoms with Gasteiger partial charge in [-0.2, -0.15) is 0 Å². The predicted molar refractivity (Wildman–Crippen MR) is 94.0 cm³/mol. The van der Waals surface area contributed by atoms with Crippen LogP contribution in [0.1, 0.15) is 61.5 Å². The number of hydrogen-bond acceptors (Lipinski definition) is 2. The van der Waals surface area contributed by atoms with Crippen LogP contribution in [0.25, 0.3) is 10.9 Å². The molecule has 0 saturated heterocycles. The van der Waals surface area contributed by atoms with Crippen molar-refractivity contribution in [2.75, 3.05) is 7.05 Å². The van der Waals surface area contributed by atoms with Crippen LogP contribution < -0.4 is 5.73 Å². The third-order valence-corrected chi connectivity index (χ3v) is 4.99. The van der Waals surface area contributed by atoms with Crippen molar-refractivity contribution in [2.24, 2.45) is 5.73 Å². The number of fused-ring (bicyclic) bond motifs is 2. The van der Waals surface area contributed by atoms with E-state index in [0.29, 0.717) is 0 Å². The van der Waals surface area contributed by atoms with Crippen molar-refractivity contribution in [2.45, 2.75) is 65.7 Å². The first kappa shape index (κ1) is 15.6. The summed E-state index contributed by atoms with van der Waals surface area (Å²) >= 11 is 0. The lowest BCUT2D eigenvalue weighted by Gasteiger charge is -2.12. The molecule has 2 aromatic rings. The molecule has 0 amide bonds. The molecule has 2 N–H and O–H groups in total. The van der Waals surface area contributed by atoms with E-state index in [9.17, 15) is 0 Å². The minimum Gasteiger partial charge on any atom is -0.345 e. The molecule has 120 valence electrons. The Morgan fingerprint density at radius 2 is 1.82 bits per heavy atom. The minimum atomic E-state index is 0.155. The average molecular weight is 299 g/mol. The van der Waals surface area contributed by atoms with Gasteiger partial charge in [0.15, 0.2) is 0 Å². The van der Waals surface area contributed by atoms with E-state index in [0.717, 1.165) is 38.9 Å². The number of nitrogens with zero attached hydrogens (tertiary/aromatic N) is 2. The number of hydrogen-bond donors (Lipinski definition) is 1. The molecule has 1 unspecified atom stereocenters. The molecule has 22 heavy (non-hydrogen) atoms. The van der Waals surface area contributed by atoms with Gasteiger partial charge in [-0.15, -0.1) is 0 Å². The van der Waals surface area contributed by atoms with Gasteiger partial charge in [-0.1, -0.05) is 20.3 Å². The van der Waals surface area contributed by atoms with E-state index in [4.69, 9.17) is 5.73 Å². The van der Waals surface area contributed by atoms with E-state index < -0.39 is 0 Å². The zero-order valence-corrected chi connectivity index (χ0v) is 14.4. The summed E-state index contributed by atoms with van der Waals surface area (Å²) in [4.78, 5) is 2.38. The molecule has 1 aliphatic rings. The quantitative estimate of drug-likeness (QED) is 0.901. The van der Waals surface area contributed by atoms with Crippen molar-refractivity contribution in [1.82, 2.24) is 9.47 Å². The lowest BCUT2D eigenvalue weighted by atomic mass is 9.98. The highest BCUT2D eigenvalue weighted by Crippen LogP contribution is 2.36. The third kappa shape index (κ3) is 2.46. The maximum Gasteiger partial charge on any atom is 0.0489 e. The Labute approximate surface area is 134 Å². The Kier molecular flexibility index (Phi) is 4.28. The highest BCUT2D eigenvalue weighted by Gasteiger charge is 2.23. The van der Waals surface area contributed by atoms with Gasteiger partial charge in [0.25, 0.3) is 0 Å². The molecule has 0 fully saturated rings. The molecular formula is C19H29N3. The minimum absolute atomic E-state index is 0.155. The van der Waals surface area contributed by atoms with Crippen LogP contribution in [0.3, 0.4) is 0 Å². The topological polar surface area (TPSA) is 34.2 Å². The zero-order valence-electron chi connectivity index (χ0n) is 14.4. The van der Waals surface area contributed by atoms with Gasteiger partial charge in [-0.25, -0.2) is 0 Å². The molecule has 1 aliphatic heterocycles. The fraction of sp³-hybridized carbons (Fsp3) is 0.579. The van der Waals surface area contributed by atoms with Crippen LogP contribution in [-0.2, 0) is 19.6 Å². The first-order valence-electron chi connectivity index (χ1n) is 8.65. The van der Waals surface area contributed by atoms with Gasteiger partial charge in [0, 0.05) is 42.3 Å². The fourth-order valence-corrected chi connectivity index (χ4v) is 4.00. The van der Waals surface area contributed by atoms with Crippen LogP contribution in [-0.4, -0.2) is 16.5 Å². The summed E-state index contributed by atoms with van der Waals surface area (Å²) in [5.74, 6) is 0. The lowest BCUT2D eigenvalue weighted by Crippen LogP contribution is -2.11. The van der Waals surface area contributed by atoms with E-state index in [1.165, 1.54) is 33.3 Å². The molecule has 3 heteroatoms.